The van der Waals surface area contributed by atoms with Gasteiger partial charge in [0.2, 0.25) is 17.6 Å². The van der Waals surface area contributed by atoms with Gasteiger partial charge in [-0.1, -0.05) is 84.7 Å². The Balaban J connectivity index is 1.59. The number of fused-ring (bicyclic) bond motifs is 2. The summed E-state index contributed by atoms with van der Waals surface area (Å²) in [4.78, 5) is 82.2. The fraction of sp³-hybridized carbons (Fsp3) is 0.641. The van der Waals surface area contributed by atoms with Crippen molar-refractivity contribution in [1.82, 2.24) is 31.5 Å². The summed E-state index contributed by atoms with van der Waals surface area (Å²) in [6.45, 7) is 18.0. The zero-order chi connectivity index (χ0) is 38.4. The summed E-state index contributed by atoms with van der Waals surface area (Å²) in [6.07, 6.45) is 3.66. The van der Waals surface area contributed by atoms with Crippen molar-refractivity contribution in [2.75, 3.05) is 26.2 Å². The number of unbranched alkanes of at least 4 members (excludes halogenated alkanes) is 1. The molecule has 0 spiro atoms. The van der Waals surface area contributed by atoms with Gasteiger partial charge in [0.1, 0.15) is 18.7 Å². The third kappa shape index (κ3) is 9.32. The lowest BCUT2D eigenvalue weighted by Gasteiger charge is -2.36. The molecule has 286 valence electrons. The van der Waals surface area contributed by atoms with Crippen LogP contribution in [0.3, 0.4) is 0 Å². The second-order valence-electron chi connectivity index (χ2n) is 16.0. The van der Waals surface area contributed by atoms with Crippen molar-refractivity contribution in [2.24, 2.45) is 28.6 Å². The summed E-state index contributed by atoms with van der Waals surface area (Å²) in [5.41, 5.74) is 1.49. The number of alkyl carbamates (subject to hydrolysis) is 1. The number of urea groups is 1. The maximum atomic E-state index is 14.8. The van der Waals surface area contributed by atoms with Crippen molar-refractivity contribution in [2.45, 2.75) is 105 Å². The van der Waals surface area contributed by atoms with Gasteiger partial charge in [0.25, 0.3) is 5.91 Å². The fourth-order valence-corrected chi connectivity index (χ4v) is 7.75. The number of nitrogens with one attached hydrogen (secondary N) is 5. The number of carbonyl (C=O) groups is 6. The van der Waals surface area contributed by atoms with Crippen LogP contribution in [0.25, 0.3) is 0 Å². The van der Waals surface area contributed by atoms with E-state index in [0.717, 1.165) is 17.5 Å². The molecule has 3 aliphatic rings. The molecule has 5 N–H and O–H groups in total. The van der Waals surface area contributed by atoms with Crippen molar-refractivity contribution in [3.63, 3.8) is 0 Å². The Labute approximate surface area is 307 Å². The number of Topliss-reactive ketones (excluding diaryl/α,β-unsaturated/α-hetero) is 1. The lowest BCUT2D eigenvalue weighted by molar-refractivity contribution is -0.144. The van der Waals surface area contributed by atoms with E-state index in [4.69, 9.17) is 4.74 Å². The van der Waals surface area contributed by atoms with Gasteiger partial charge < -0.3 is 36.2 Å². The summed E-state index contributed by atoms with van der Waals surface area (Å²) in [5.74, 6) is -2.77. The summed E-state index contributed by atoms with van der Waals surface area (Å²) >= 11 is 0. The predicted molar refractivity (Wildman–Crippen MR) is 197 cm³/mol. The van der Waals surface area contributed by atoms with E-state index in [2.05, 4.69) is 47.0 Å². The van der Waals surface area contributed by atoms with Gasteiger partial charge in [-0.15, -0.1) is 6.58 Å². The Kier molecular flexibility index (Phi) is 13.1. The lowest BCUT2D eigenvalue weighted by atomic mass is 9.87. The van der Waals surface area contributed by atoms with Crippen molar-refractivity contribution in [3.8, 4) is 0 Å². The molecule has 1 aromatic rings. The molecule has 2 aliphatic carbocycles. The average molecular weight is 723 g/mol. The molecule has 6 amide bonds. The quantitative estimate of drug-likeness (QED) is 0.129. The molecule has 1 saturated carbocycles. The molecule has 1 aromatic carbocycles. The molecule has 0 bridgehead atoms. The van der Waals surface area contributed by atoms with E-state index in [0.29, 0.717) is 32.4 Å². The first kappa shape index (κ1) is 40.4. The highest BCUT2D eigenvalue weighted by molar-refractivity contribution is 6.38. The third-order valence-corrected chi connectivity index (χ3v) is 11.0. The van der Waals surface area contributed by atoms with Crippen LogP contribution >= 0.6 is 0 Å². The molecule has 1 heterocycles. The molecular formula is C39H58N6O7. The molecule has 3 unspecified atom stereocenters. The summed E-state index contributed by atoms with van der Waals surface area (Å²) < 4.78 is 5.37. The minimum absolute atomic E-state index is 0.0554. The van der Waals surface area contributed by atoms with Gasteiger partial charge >= 0.3 is 12.1 Å². The molecule has 0 aromatic heterocycles. The molecule has 13 nitrogen and oxygen atoms in total. The van der Waals surface area contributed by atoms with Crippen LogP contribution in [0, 0.1) is 28.6 Å². The van der Waals surface area contributed by atoms with Crippen LogP contribution in [-0.4, -0.2) is 90.9 Å². The first-order valence-electron chi connectivity index (χ1n) is 18.6. The maximum Gasteiger partial charge on any atom is 0.407 e. The molecule has 4 rings (SSSR count). The number of ketones is 1. The number of likely N-dealkylation sites (tertiary alicyclic amines) is 1. The second kappa shape index (κ2) is 16.9. The zero-order valence-corrected chi connectivity index (χ0v) is 31.8. The highest BCUT2D eigenvalue weighted by Gasteiger charge is 2.69. The maximum absolute atomic E-state index is 14.8. The van der Waals surface area contributed by atoms with E-state index in [1.807, 2.05) is 52.0 Å². The smallest absolute Gasteiger partial charge is 0.407 e. The van der Waals surface area contributed by atoms with Crippen LogP contribution in [0.15, 0.2) is 36.9 Å². The van der Waals surface area contributed by atoms with Gasteiger partial charge in [0.05, 0.1) is 12.1 Å². The van der Waals surface area contributed by atoms with E-state index in [1.165, 1.54) is 6.08 Å². The Morgan fingerprint density at radius 2 is 1.65 bits per heavy atom. The number of hydrogen-bond donors (Lipinski definition) is 5. The van der Waals surface area contributed by atoms with Gasteiger partial charge in [-0.25, -0.2) is 9.59 Å². The van der Waals surface area contributed by atoms with Crippen molar-refractivity contribution < 1.29 is 33.5 Å². The van der Waals surface area contributed by atoms with Crippen molar-refractivity contribution >= 4 is 35.6 Å². The molecule has 52 heavy (non-hydrogen) atoms. The van der Waals surface area contributed by atoms with E-state index in [-0.39, 0.29) is 48.6 Å². The second-order valence-corrected chi connectivity index (χ2v) is 16.0. The van der Waals surface area contributed by atoms with Gasteiger partial charge in [0, 0.05) is 19.6 Å². The molecular weight excluding hydrogens is 664 g/mol. The first-order valence-corrected chi connectivity index (χ1v) is 18.6. The van der Waals surface area contributed by atoms with Crippen LogP contribution in [0.4, 0.5) is 9.59 Å². The Bertz CT molecular complexity index is 1500. The van der Waals surface area contributed by atoms with Crippen LogP contribution in [-0.2, 0) is 36.8 Å². The number of nitrogens with zero attached hydrogens (tertiary/aromatic N) is 1. The number of piperidine rings is 1. The van der Waals surface area contributed by atoms with Crippen molar-refractivity contribution in [1.29, 1.82) is 0 Å². The molecule has 1 saturated heterocycles. The molecule has 2 fully saturated rings. The molecule has 0 radical (unpaired) electrons. The number of ether oxygens (including phenoxy) is 1. The van der Waals surface area contributed by atoms with E-state index in [9.17, 15) is 28.8 Å². The van der Waals surface area contributed by atoms with Crippen LogP contribution in [0.5, 0.6) is 0 Å². The highest BCUT2D eigenvalue weighted by atomic mass is 16.5. The summed E-state index contributed by atoms with van der Waals surface area (Å²) in [7, 11) is 0. The third-order valence-electron chi connectivity index (χ3n) is 11.0. The minimum Gasteiger partial charge on any atom is -0.447 e. The number of hydrogen-bond acceptors (Lipinski definition) is 7. The van der Waals surface area contributed by atoms with E-state index in [1.54, 1.807) is 11.8 Å². The van der Waals surface area contributed by atoms with Gasteiger partial charge in [-0.2, -0.15) is 0 Å². The van der Waals surface area contributed by atoms with Gasteiger partial charge in [0.15, 0.2) is 0 Å². The van der Waals surface area contributed by atoms with Crippen LogP contribution in [0.2, 0.25) is 0 Å². The van der Waals surface area contributed by atoms with Crippen LogP contribution < -0.4 is 26.6 Å². The summed E-state index contributed by atoms with van der Waals surface area (Å²) in [6, 6.07) is 3.87. The Morgan fingerprint density at radius 1 is 1.00 bits per heavy atom. The first-order chi connectivity index (χ1) is 24.5. The average Bonchev–Trinajstić information content (AvgIpc) is 3.44. The lowest BCUT2D eigenvalue weighted by Crippen LogP contribution is -2.61. The molecule has 13 heteroatoms. The Morgan fingerprint density at radius 3 is 2.23 bits per heavy atom. The summed E-state index contributed by atoms with van der Waals surface area (Å²) in [5, 5.41) is 13.9. The van der Waals surface area contributed by atoms with E-state index < -0.39 is 59.3 Å². The highest BCUT2D eigenvalue weighted by Crippen LogP contribution is 2.65. The number of benzene rings is 1. The molecule has 1 aliphatic heterocycles. The SMILES string of the molecule is C=CCNC(=O)C(=O)C(CCCC)NC(=O)[C@@H]1C2C(CN1C(=O)[C@@H](NC(=O)N[C@H](COC(=O)NCC)C(C)(C)C)C1Cc3ccccc3C1)C2(C)C. The molecule has 6 atom stereocenters. The predicted octanol–water partition coefficient (Wildman–Crippen LogP) is 3.26. The number of amides is 6. The monoisotopic (exact) mass is 722 g/mol. The number of carbonyl (C=O) groups excluding carboxylic acids is 6. The largest absolute Gasteiger partial charge is 0.447 e. The van der Waals surface area contributed by atoms with Gasteiger partial charge in [-0.3, -0.25) is 19.2 Å². The number of rotatable bonds is 16. The van der Waals surface area contributed by atoms with E-state index >= 15 is 0 Å². The van der Waals surface area contributed by atoms with Gasteiger partial charge in [-0.05, 0) is 65.9 Å². The topological polar surface area (TPSA) is 175 Å². The normalized spacial score (nSPS) is 21.8. The van der Waals surface area contributed by atoms with Crippen LogP contribution in [0.1, 0.15) is 78.9 Å². The Hall–Kier alpha value is -4.42. The fourth-order valence-electron chi connectivity index (χ4n) is 7.75. The minimum atomic E-state index is -1.05. The standard InChI is InChI=1S/C39H58N6O7/c1-9-12-17-27(32(46)34(48)41-18-10-2)42-33(47)31-29-26(39(29,7)8)21-45(31)35(49)30(25-19-23-15-13-14-16-24(23)20-25)44-36(50)43-28(38(4,5)6)22-52-37(51)40-11-3/h10,13-16,25-31H,2,9,11-12,17-22H2,1,3-8H3,(H,40,51)(H,41,48)(H,42,47)(H2,43,44,50)/t26?,27?,28-,29?,30+,31+/m1/s1. The van der Waals surface area contributed by atoms with Crippen molar-refractivity contribution in [3.05, 3.63) is 48.0 Å². The zero-order valence-electron chi connectivity index (χ0n) is 31.8.